The average Bonchev–Trinajstić information content (AvgIpc) is 2.45. The lowest BCUT2D eigenvalue weighted by Crippen LogP contribution is -2.46. The minimum absolute atomic E-state index is 0.00686. The summed E-state index contributed by atoms with van der Waals surface area (Å²) in [4.78, 5) is 23.1. The molecule has 1 amide bonds. The van der Waals surface area contributed by atoms with Crippen molar-refractivity contribution in [2.75, 3.05) is 13.7 Å². The van der Waals surface area contributed by atoms with Crippen molar-refractivity contribution in [1.82, 2.24) is 5.32 Å². The molecule has 0 aromatic rings. The van der Waals surface area contributed by atoms with E-state index in [9.17, 15) is 9.59 Å². The first-order valence-electron chi connectivity index (χ1n) is 7.60. The van der Waals surface area contributed by atoms with Crippen molar-refractivity contribution in [3.63, 3.8) is 0 Å². The molecule has 0 saturated heterocycles. The third-order valence-corrected chi connectivity index (χ3v) is 4.13. The van der Waals surface area contributed by atoms with E-state index in [-0.39, 0.29) is 18.4 Å². The van der Waals surface area contributed by atoms with Crippen LogP contribution in [0.5, 0.6) is 0 Å². The Morgan fingerprint density at radius 2 is 1.95 bits per heavy atom. The SMILES string of the molecule is CCCCC1CCC(C(=O)NC(COC)C(=O)O)CC1. The molecule has 2 N–H and O–H groups in total. The first-order chi connectivity index (χ1) is 9.58. The van der Waals surface area contributed by atoms with Crippen LogP contribution in [0.3, 0.4) is 0 Å². The minimum atomic E-state index is -1.04. The van der Waals surface area contributed by atoms with E-state index in [1.165, 1.54) is 26.4 Å². The van der Waals surface area contributed by atoms with Crippen molar-refractivity contribution in [3.8, 4) is 0 Å². The molecule has 20 heavy (non-hydrogen) atoms. The van der Waals surface area contributed by atoms with Gasteiger partial charge in [-0.3, -0.25) is 4.79 Å². The molecule has 0 spiro atoms. The van der Waals surface area contributed by atoms with Crippen molar-refractivity contribution in [2.24, 2.45) is 11.8 Å². The molecule has 1 unspecified atom stereocenters. The van der Waals surface area contributed by atoms with Gasteiger partial charge in [0.1, 0.15) is 0 Å². The van der Waals surface area contributed by atoms with E-state index < -0.39 is 12.0 Å². The molecule has 1 rings (SSSR count). The number of carbonyl (C=O) groups excluding carboxylic acids is 1. The Bertz CT molecular complexity index is 311. The molecule has 0 aliphatic heterocycles. The van der Waals surface area contributed by atoms with Crippen LogP contribution in [0.25, 0.3) is 0 Å². The summed E-state index contributed by atoms with van der Waals surface area (Å²) in [5, 5.41) is 11.6. The van der Waals surface area contributed by atoms with E-state index in [0.29, 0.717) is 0 Å². The molecule has 5 heteroatoms. The normalized spacial score (nSPS) is 24.1. The minimum Gasteiger partial charge on any atom is -0.480 e. The number of carboxylic acids is 1. The summed E-state index contributed by atoms with van der Waals surface area (Å²) in [5.74, 6) is -0.472. The van der Waals surface area contributed by atoms with E-state index >= 15 is 0 Å². The molecule has 5 nitrogen and oxygen atoms in total. The second-order valence-corrected chi connectivity index (χ2v) is 5.71. The Morgan fingerprint density at radius 1 is 1.30 bits per heavy atom. The van der Waals surface area contributed by atoms with Gasteiger partial charge in [-0.05, 0) is 31.6 Å². The predicted octanol–water partition coefficient (Wildman–Crippen LogP) is 2.20. The van der Waals surface area contributed by atoms with Crippen molar-refractivity contribution < 1.29 is 19.4 Å². The summed E-state index contributed by atoms with van der Waals surface area (Å²) < 4.78 is 4.82. The molecular weight excluding hydrogens is 258 g/mol. The summed E-state index contributed by atoms with van der Waals surface area (Å²) in [5.41, 5.74) is 0. The highest BCUT2D eigenvalue weighted by molar-refractivity contribution is 5.85. The topological polar surface area (TPSA) is 75.6 Å². The third kappa shape index (κ3) is 5.49. The standard InChI is InChI=1S/C15H27NO4/c1-3-4-5-11-6-8-12(9-7-11)14(17)16-13(10-20-2)15(18)19/h11-13H,3-10H2,1-2H3,(H,16,17)(H,18,19). The van der Waals surface area contributed by atoms with Gasteiger partial charge in [0, 0.05) is 13.0 Å². The van der Waals surface area contributed by atoms with E-state index in [4.69, 9.17) is 9.84 Å². The number of rotatable bonds is 8. The molecular formula is C15H27NO4. The summed E-state index contributed by atoms with van der Waals surface area (Å²) in [7, 11) is 1.43. The van der Waals surface area contributed by atoms with Crippen molar-refractivity contribution >= 4 is 11.9 Å². The van der Waals surface area contributed by atoms with Crippen LogP contribution in [0.2, 0.25) is 0 Å². The Morgan fingerprint density at radius 3 is 2.45 bits per heavy atom. The maximum absolute atomic E-state index is 12.1. The van der Waals surface area contributed by atoms with Gasteiger partial charge in [0.2, 0.25) is 5.91 Å². The molecule has 0 radical (unpaired) electrons. The second kappa shape index (κ2) is 8.95. The number of hydrogen-bond donors (Lipinski definition) is 2. The van der Waals surface area contributed by atoms with Gasteiger partial charge in [-0.15, -0.1) is 0 Å². The average molecular weight is 285 g/mol. The number of ether oxygens (including phenoxy) is 1. The van der Waals surface area contributed by atoms with Gasteiger partial charge in [-0.2, -0.15) is 0 Å². The van der Waals surface area contributed by atoms with Crippen LogP contribution >= 0.6 is 0 Å². The lowest BCUT2D eigenvalue weighted by molar-refractivity contribution is -0.144. The maximum Gasteiger partial charge on any atom is 0.328 e. The maximum atomic E-state index is 12.1. The van der Waals surface area contributed by atoms with Gasteiger partial charge >= 0.3 is 5.97 Å². The zero-order chi connectivity index (χ0) is 15.0. The predicted molar refractivity (Wildman–Crippen MR) is 76.4 cm³/mol. The van der Waals surface area contributed by atoms with Crippen LogP contribution in [-0.2, 0) is 14.3 Å². The van der Waals surface area contributed by atoms with Gasteiger partial charge in [0.15, 0.2) is 6.04 Å². The van der Waals surface area contributed by atoms with Gasteiger partial charge in [-0.25, -0.2) is 4.79 Å². The fraction of sp³-hybridized carbons (Fsp3) is 0.867. The molecule has 1 atom stereocenters. The molecule has 0 bridgehead atoms. The number of carbonyl (C=O) groups is 2. The Balaban J connectivity index is 2.36. The first kappa shape index (κ1) is 17.0. The van der Waals surface area contributed by atoms with Crippen LogP contribution < -0.4 is 5.32 Å². The van der Waals surface area contributed by atoms with Gasteiger partial charge < -0.3 is 15.2 Å². The molecule has 0 heterocycles. The summed E-state index contributed by atoms with van der Waals surface area (Å²) in [6.07, 6.45) is 7.65. The number of unbranched alkanes of at least 4 members (excludes halogenated alkanes) is 1. The number of hydrogen-bond acceptors (Lipinski definition) is 3. The van der Waals surface area contributed by atoms with Crippen molar-refractivity contribution in [2.45, 2.75) is 57.9 Å². The summed E-state index contributed by atoms with van der Waals surface area (Å²) in [6.45, 7) is 2.20. The van der Waals surface area contributed by atoms with Gasteiger partial charge in [-0.1, -0.05) is 26.2 Å². The van der Waals surface area contributed by atoms with Crippen LogP contribution in [0, 0.1) is 11.8 Å². The third-order valence-electron chi connectivity index (χ3n) is 4.13. The monoisotopic (exact) mass is 285 g/mol. The highest BCUT2D eigenvalue weighted by Gasteiger charge is 2.29. The Kier molecular flexibility index (Phi) is 7.59. The highest BCUT2D eigenvalue weighted by Crippen LogP contribution is 2.31. The lowest BCUT2D eigenvalue weighted by Gasteiger charge is -2.28. The van der Waals surface area contributed by atoms with Crippen LogP contribution in [0.15, 0.2) is 0 Å². The van der Waals surface area contributed by atoms with E-state index in [2.05, 4.69) is 12.2 Å². The van der Waals surface area contributed by atoms with Crippen LogP contribution in [0.1, 0.15) is 51.9 Å². The van der Waals surface area contributed by atoms with Gasteiger partial charge in [0.25, 0.3) is 0 Å². The van der Waals surface area contributed by atoms with E-state index in [0.717, 1.165) is 31.6 Å². The molecule has 0 aromatic heterocycles. The van der Waals surface area contributed by atoms with Crippen LogP contribution in [0.4, 0.5) is 0 Å². The smallest absolute Gasteiger partial charge is 0.328 e. The zero-order valence-electron chi connectivity index (χ0n) is 12.6. The van der Waals surface area contributed by atoms with Crippen LogP contribution in [-0.4, -0.2) is 36.7 Å². The fourth-order valence-electron chi connectivity index (χ4n) is 2.84. The number of nitrogens with one attached hydrogen (secondary N) is 1. The largest absolute Gasteiger partial charge is 0.480 e. The number of methoxy groups -OCH3 is 1. The first-order valence-corrected chi connectivity index (χ1v) is 7.60. The number of amides is 1. The molecule has 1 aliphatic carbocycles. The Hall–Kier alpha value is -1.10. The lowest BCUT2D eigenvalue weighted by atomic mass is 9.79. The van der Waals surface area contributed by atoms with E-state index in [1.807, 2.05) is 0 Å². The van der Waals surface area contributed by atoms with Gasteiger partial charge in [0.05, 0.1) is 6.61 Å². The highest BCUT2D eigenvalue weighted by atomic mass is 16.5. The van der Waals surface area contributed by atoms with Crippen molar-refractivity contribution in [3.05, 3.63) is 0 Å². The molecule has 1 aliphatic rings. The van der Waals surface area contributed by atoms with Crippen molar-refractivity contribution in [1.29, 1.82) is 0 Å². The second-order valence-electron chi connectivity index (χ2n) is 5.71. The number of aliphatic carboxylic acids is 1. The summed E-state index contributed by atoms with van der Waals surface area (Å²) in [6, 6.07) is -0.940. The Labute approximate surface area is 121 Å². The van der Waals surface area contributed by atoms with E-state index in [1.54, 1.807) is 0 Å². The quantitative estimate of drug-likeness (QED) is 0.717. The molecule has 0 aromatic carbocycles. The fourth-order valence-corrected chi connectivity index (χ4v) is 2.84. The summed E-state index contributed by atoms with van der Waals surface area (Å²) >= 11 is 0. The molecule has 1 fully saturated rings. The molecule has 1 saturated carbocycles. The molecule has 116 valence electrons. The number of carboxylic acid groups (broad SMARTS) is 1. The zero-order valence-corrected chi connectivity index (χ0v) is 12.6.